The fourth-order valence-electron chi connectivity index (χ4n) is 3.49. The maximum atomic E-state index is 12.5. The van der Waals surface area contributed by atoms with Gasteiger partial charge in [0.25, 0.3) is 5.91 Å². The molecular weight excluding hydrogens is 320 g/mol. The maximum absolute atomic E-state index is 12.5. The second-order valence-corrected chi connectivity index (χ2v) is 6.63. The zero-order valence-corrected chi connectivity index (χ0v) is 14.7. The van der Waals surface area contributed by atoms with Crippen molar-refractivity contribution in [3.8, 4) is 0 Å². The number of nitrogens with zero attached hydrogens (tertiary/aromatic N) is 3. The lowest BCUT2D eigenvalue weighted by Gasteiger charge is -2.34. The molecule has 3 rings (SSSR count). The average Bonchev–Trinajstić information content (AvgIpc) is 2.69. The summed E-state index contributed by atoms with van der Waals surface area (Å²) in [7, 11) is 0. The number of anilines is 1. The van der Waals surface area contributed by atoms with E-state index in [1.807, 2.05) is 12.1 Å². The van der Waals surface area contributed by atoms with Crippen LogP contribution in [0.25, 0.3) is 0 Å². The second-order valence-electron chi connectivity index (χ2n) is 6.63. The molecule has 2 saturated heterocycles. The SMILES string of the molecule is O=C(c1cc(NCCN2CCCC[C@H]2CO)ccn1)N1CCOCC1. The van der Waals surface area contributed by atoms with Crippen LogP contribution in [0.3, 0.4) is 0 Å². The number of carbonyl (C=O) groups is 1. The predicted molar refractivity (Wildman–Crippen MR) is 95.7 cm³/mol. The Hall–Kier alpha value is -1.70. The summed E-state index contributed by atoms with van der Waals surface area (Å²) in [6.07, 6.45) is 5.15. The van der Waals surface area contributed by atoms with Gasteiger partial charge in [0, 0.05) is 44.1 Å². The summed E-state index contributed by atoms with van der Waals surface area (Å²) < 4.78 is 5.29. The van der Waals surface area contributed by atoms with E-state index in [0.29, 0.717) is 32.0 Å². The summed E-state index contributed by atoms with van der Waals surface area (Å²) in [5.74, 6) is -0.0386. The minimum absolute atomic E-state index is 0.0386. The number of rotatable bonds is 6. The Bertz CT molecular complexity index is 563. The van der Waals surface area contributed by atoms with Crippen LogP contribution in [-0.4, -0.2) is 84.4 Å². The minimum Gasteiger partial charge on any atom is -0.395 e. The molecule has 7 nitrogen and oxygen atoms in total. The van der Waals surface area contributed by atoms with E-state index < -0.39 is 0 Å². The molecule has 0 aliphatic carbocycles. The average molecular weight is 348 g/mol. The van der Waals surface area contributed by atoms with Crippen molar-refractivity contribution < 1.29 is 14.6 Å². The Labute approximate surface area is 149 Å². The number of likely N-dealkylation sites (tertiary alicyclic amines) is 1. The minimum atomic E-state index is -0.0386. The third-order valence-corrected chi connectivity index (χ3v) is 4.97. The lowest BCUT2D eigenvalue weighted by atomic mass is 10.0. The van der Waals surface area contributed by atoms with E-state index in [4.69, 9.17) is 4.74 Å². The number of aliphatic hydroxyl groups excluding tert-OH is 1. The number of hydrogen-bond acceptors (Lipinski definition) is 6. The Morgan fingerprint density at radius 3 is 2.96 bits per heavy atom. The van der Waals surface area contributed by atoms with Gasteiger partial charge in [0.05, 0.1) is 19.8 Å². The van der Waals surface area contributed by atoms with Gasteiger partial charge in [-0.3, -0.25) is 14.7 Å². The van der Waals surface area contributed by atoms with Crippen molar-refractivity contribution in [1.82, 2.24) is 14.8 Å². The molecule has 0 aromatic carbocycles. The normalized spacial score (nSPS) is 22.0. The van der Waals surface area contributed by atoms with Crippen LogP contribution in [0.1, 0.15) is 29.8 Å². The Balaban J connectivity index is 1.52. The van der Waals surface area contributed by atoms with Crippen molar-refractivity contribution in [2.24, 2.45) is 0 Å². The first-order valence-electron chi connectivity index (χ1n) is 9.20. The molecule has 2 aliphatic heterocycles. The highest BCUT2D eigenvalue weighted by molar-refractivity contribution is 5.93. The number of nitrogens with one attached hydrogen (secondary N) is 1. The number of ether oxygens (including phenoxy) is 1. The van der Waals surface area contributed by atoms with E-state index in [1.54, 1.807) is 11.1 Å². The monoisotopic (exact) mass is 348 g/mol. The molecule has 2 fully saturated rings. The molecule has 0 saturated carbocycles. The highest BCUT2D eigenvalue weighted by atomic mass is 16.5. The van der Waals surface area contributed by atoms with Gasteiger partial charge in [0.2, 0.25) is 0 Å². The number of aliphatic hydroxyl groups is 1. The van der Waals surface area contributed by atoms with Crippen LogP contribution < -0.4 is 5.32 Å². The van der Waals surface area contributed by atoms with Gasteiger partial charge in [-0.2, -0.15) is 0 Å². The molecule has 1 amide bonds. The highest BCUT2D eigenvalue weighted by Gasteiger charge is 2.21. The van der Waals surface area contributed by atoms with Crippen LogP contribution in [-0.2, 0) is 4.74 Å². The fourth-order valence-corrected chi connectivity index (χ4v) is 3.49. The molecule has 0 bridgehead atoms. The molecule has 0 radical (unpaired) electrons. The third kappa shape index (κ3) is 4.90. The van der Waals surface area contributed by atoms with Crippen molar-refractivity contribution in [3.63, 3.8) is 0 Å². The Morgan fingerprint density at radius 2 is 2.16 bits per heavy atom. The fraction of sp³-hybridized carbons (Fsp3) is 0.667. The molecule has 2 N–H and O–H groups in total. The van der Waals surface area contributed by atoms with Gasteiger partial charge in [0.1, 0.15) is 5.69 Å². The van der Waals surface area contributed by atoms with Gasteiger partial charge in [-0.1, -0.05) is 6.42 Å². The van der Waals surface area contributed by atoms with E-state index in [2.05, 4.69) is 15.2 Å². The van der Waals surface area contributed by atoms with Gasteiger partial charge in [-0.25, -0.2) is 0 Å². The molecular formula is C18H28N4O3. The number of amides is 1. The van der Waals surface area contributed by atoms with Crippen molar-refractivity contribution in [2.45, 2.75) is 25.3 Å². The maximum Gasteiger partial charge on any atom is 0.272 e. The number of carbonyl (C=O) groups excluding carboxylic acids is 1. The summed E-state index contributed by atoms with van der Waals surface area (Å²) in [4.78, 5) is 20.9. The number of pyridine rings is 1. The van der Waals surface area contributed by atoms with E-state index in [9.17, 15) is 9.90 Å². The second kappa shape index (κ2) is 9.12. The topological polar surface area (TPSA) is 77.9 Å². The zero-order valence-electron chi connectivity index (χ0n) is 14.7. The highest BCUT2D eigenvalue weighted by Crippen LogP contribution is 2.16. The number of piperidine rings is 1. The number of morpholine rings is 1. The first-order valence-corrected chi connectivity index (χ1v) is 9.20. The molecule has 0 unspecified atom stereocenters. The van der Waals surface area contributed by atoms with Crippen LogP contribution in [0, 0.1) is 0 Å². The van der Waals surface area contributed by atoms with Crippen LogP contribution in [0.2, 0.25) is 0 Å². The largest absolute Gasteiger partial charge is 0.395 e. The lowest BCUT2D eigenvalue weighted by molar-refractivity contribution is 0.0299. The van der Waals surface area contributed by atoms with Crippen LogP contribution in [0.4, 0.5) is 5.69 Å². The quantitative estimate of drug-likeness (QED) is 0.792. The molecule has 25 heavy (non-hydrogen) atoms. The third-order valence-electron chi connectivity index (χ3n) is 4.97. The summed E-state index contributed by atoms with van der Waals surface area (Å²) in [6, 6.07) is 3.99. The molecule has 1 aromatic heterocycles. The van der Waals surface area contributed by atoms with E-state index in [0.717, 1.165) is 31.7 Å². The van der Waals surface area contributed by atoms with Crippen molar-refractivity contribution in [3.05, 3.63) is 24.0 Å². The predicted octanol–water partition coefficient (Wildman–Crippen LogP) is 0.813. The van der Waals surface area contributed by atoms with Crippen LogP contribution in [0.15, 0.2) is 18.3 Å². The van der Waals surface area contributed by atoms with Gasteiger partial charge in [-0.05, 0) is 31.5 Å². The Kier molecular flexibility index (Phi) is 6.61. The molecule has 2 aliphatic rings. The summed E-state index contributed by atoms with van der Waals surface area (Å²) in [5, 5.41) is 12.9. The smallest absolute Gasteiger partial charge is 0.272 e. The molecule has 0 spiro atoms. The van der Waals surface area contributed by atoms with Crippen molar-refractivity contribution >= 4 is 11.6 Å². The van der Waals surface area contributed by atoms with Gasteiger partial charge < -0.3 is 20.1 Å². The standard InChI is InChI=1S/C18H28N4O3/c23-14-16-3-1-2-7-21(16)8-6-19-15-4-5-20-17(13-15)18(24)22-9-11-25-12-10-22/h4-5,13,16,23H,1-3,6-12,14H2,(H,19,20)/t16-/m0/s1. The summed E-state index contributed by atoms with van der Waals surface area (Å²) >= 11 is 0. The first-order chi connectivity index (χ1) is 12.3. The molecule has 3 heterocycles. The summed E-state index contributed by atoms with van der Waals surface area (Å²) in [6.45, 7) is 5.37. The van der Waals surface area contributed by atoms with Crippen LogP contribution >= 0.6 is 0 Å². The lowest BCUT2D eigenvalue weighted by Crippen LogP contribution is -2.44. The van der Waals surface area contributed by atoms with Gasteiger partial charge in [-0.15, -0.1) is 0 Å². The van der Waals surface area contributed by atoms with Crippen molar-refractivity contribution in [2.75, 3.05) is 57.9 Å². The van der Waals surface area contributed by atoms with Crippen molar-refractivity contribution in [1.29, 1.82) is 0 Å². The van der Waals surface area contributed by atoms with E-state index in [-0.39, 0.29) is 18.6 Å². The molecule has 1 atom stereocenters. The molecule has 1 aromatic rings. The summed E-state index contributed by atoms with van der Waals surface area (Å²) in [5.41, 5.74) is 1.38. The molecule has 7 heteroatoms. The number of hydrogen-bond donors (Lipinski definition) is 2. The van der Waals surface area contributed by atoms with Gasteiger partial charge in [0.15, 0.2) is 0 Å². The van der Waals surface area contributed by atoms with Gasteiger partial charge >= 0.3 is 0 Å². The molecule has 138 valence electrons. The van der Waals surface area contributed by atoms with Crippen LogP contribution in [0.5, 0.6) is 0 Å². The van der Waals surface area contributed by atoms with E-state index >= 15 is 0 Å². The first kappa shape index (κ1) is 18.1. The Morgan fingerprint density at radius 1 is 1.32 bits per heavy atom. The van der Waals surface area contributed by atoms with E-state index in [1.165, 1.54) is 12.8 Å². The zero-order chi connectivity index (χ0) is 17.5. The number of aromatic nitrogens is 1.